The molecule has 126 valence electrons. The summed E-state index contributed by atoms with van der Waals surface area (Å²) in [5.74, 6) is -1.13. The largest absolute Gasteiger partial charge is 0.494 e. The quantitative estimate of drug-likeness (QED) is 0.564. The van der Waals surface area contributed by atoms with E-state index in [9.17, 15) is 19.8 Å². The van der Waals surface area contributed by atoms with E-state index >= 15 is 0 Å². The molecule has 4 N–H and O–H groups in total. The number of thiazole rings is 2. The normalized spacial score (nSPS) is 11.1. The smallest absolute Gasteiger partial charge is 0.307 e. The molecule has 3 aromatic rings. The van der Waals surface area contributed by atoms with Gasteiger partial charge in [-0.1, -0.05) is 34.8 Å². The van der Waals surface area contributed by atoms with Crippen molar-refractivity contribution in [3.05, 3.63) is 58.9 Å². The van der Waals surface area contributed by atoms with Crippen LogP contribution in [0.1, 0.15) is 21.2 Å². The summed E-state index contributed by atoms with van der Waals surface area (Å²) in [6, 6.07) is 7.46. The molecule has 0 aliphatic carbocycles. The monoisotopic (exact) mass is 365 g/mol. The maximum Gasteiger partial charge on any atom is 0.307 e. The third kappa shape index (κ3) is 2.95. The number of hydrogen-bond acceptors (Lipinski definition) is 7. The summed E-state index contributed by atoms with van der Waals surface area (Å²) in [5, 5.41) is 20.1. The van der Waals surface area contributed by atoms with E-state index in [4.69, 9.17) is 0 Å². The molecule has 7 nitrogen and oxygen atoms in total. The van der Waals surface area contributed by atoms with Crippen LogP contribution in [-0.2, 0) is 0 Å². The molecule has 0 aliphatic heterocycles. The van der Waals surface area contributed by atoms with E-state index in [0.29, 0.717) is 9.75 Å². The predicted octanol–water partition coefficient (Wildman–Crippen LogP) is 1.84. The Kier molecular flexibility index (Phi) is 4.20. The van der Waals surface area contributed by atoms with Crippen molar-refractivity contribution in [3.63, 3.8) is 0 Å². The van der Waals surface area contributed by atoms with Crippen LogP contribution in [-0.4, -0.2) is 34.3 Å². The van der Waals surface area contributed by atoms with E-state index in [2.05, 4.69) is 9.97 Å². The molecule has 0 spiro atoms. The second-order valence-corrected chi connectivity index (χ2v) is 7.40. The number of aromatic nitrogens is 2. The minimum Gasteiger partial charge on any atom is -0.494 e. The first-order chi connectivity index (χ1) is 11.4. The number of nitrogens with zero attached hydrogens (tertiary/aromatic N) is 1. The molecule has 0 saturated carbocycles. The van der Waals surface area contributed by atoms with E-state index in [-0.39, 0.29) is 11.8 Å². The van der Waals surface area contributed by atoms with E-state index in [1.807, 2.05) is 43.3 Å². The van der Waals surface area contributed by atoms with Gasteiger partial charge in [0.1, 0.15) is 0 Å². The summed E-state index contributed by atoms with van der Waals surface area (Å²) >= 11 is 1.70. The Morgan fingerprint density at radius 3 is 1.71 bits per heavy atom. The summed E-state index contributed by atoms with van der Waals surface area (Å²) in [5.41, 5.74) is 1.73. The zero-order valence-electron chi connectivity index (χ0n) is 12.9. The Hall–Kier alpha value is -2.52. The van der Waals surface area contributed by atoms with Gasteiger partial charge < -0.3 is 15.1 Å². The van der Waals surface area contributed by atoms with E-state index in [1.54, 1.807) is 0 Å². The van der Waals surface area contributed by atoms with Crippen LogP contribution >= 0.6 is 22.7 Å². The van der Waals surface area contributed by atoms with Crippen LogP contribution in [0.3, 0.4) is 0 Å². The topological polar surface area (TPSA) is 109 Å². The van der Waals surface area contributed by atoms with Crippen LogP contribution in [0.2, 0.25) is 0 Å². The Morgan fingerprint density at radius 2 is 1.38 bits per heavy atom. The minimum absolute atomic E-state index is 0.257. The van der Waals surface area contributed by atoms with E-state index in [1.165, 1.54) is 0 Å². The lowest BCUT2D eigenvalue weighted by Crippen LogP contribution is -2.09. The molecule has 2 heterocycles. The zero-order valence-corrected chi connectivity index (χ0v) is 14.5. The van der Waals surface area contributed by atoms with Crippen molar-refractivity contribution in [2.45, 2.75) is 5.92 Å². The molecule has 1 aromatic carbocycles. The van der Waals surface area contributed by atoms with Gasteiger partial charge in [-0.15, -0.1) is 0 Å². The lowest BCUT2D eigenvalue weighted by Gasteiger charge is -2.17. The average molecular weight is 365 g/mol. The Morgan fingerprint density at radius 1 is 0.917 bits per heavy atom. The molecule has 0 fully saturated rings. The van der Waals surface area contributed by atoms with Gasteiger partial charge in [0, 0.05) is 19.8 Å². The van der Waals surface area contributed by atoms with Crippen molar-refractivity contribution in [1.29, 1.82) is 0 Å². The van der Waals surface area contributed by atoms with Gasteiger partial charge in [0.05, 0.1) is 15.7 Å². The van der Waals surface area contributed by atoms with Crippen molar-refractivity contribution in [1.82, 2.24) is 9.97 Å². The molecule has 2 aromatic heterocycles. The van der Waals surface area contributed by atoms with E-state index in [0.717, 1.165) is 33.9 Å². The Bertz CT molecular complexity index is 912. The van der Waals surface area contributed by atoms with E-state index < -0.39 is 15.7 Å². The number of nitrogens with one attached hydrogen (secondary N) is 2. The lowest BCUT2D eigenvalue weighted by molar-refractivity contribution is 0.442. The minimum atomic E-state index is -0.617. The van der Waals surface area contributed by atoms with Crippen LogP contribution in [0.4, 0.5) is 5.69 Å². The van der Waals surface area contributed by atoms with Gasteiger partial charge in [0.15, 0.2) is 0 Å². The third-order valence-electron chi connectivity index (χ3n) is 3.58. The Labute approximate surface area is 144 Å². The summed E-state index contributed by atoms with van der Waals surface area (Å²) in [4.78, 5) is 29.7. The number of benzene rings is 1. The van der Waals surface area contributed by atoms with Crippen molar-refractivity contribution in [2.24, 2.45) is 0 Å². The van der Waals surface area contributed by atoms with Crippen LogP contribution in [0.5, 0.6) is 11.8 Å². The number of anilines is 1. The number of aromatic amines is 2. The van der Waals surface area contributed by atoms with Crippen LogP contribution in [0, 0.1) is 0 Å². The maximum atomic E-state index is 11.6. The average Bonchev–Trinajstić information content (AvgIpc) is 3.02. The molecular weight excluding hydrogens is 350 g/mol. The Balaban J connectivity index is 2.18. The van der Waals surface area contributed by atoms with Gasteiger partial charge >= 0.3 is 9.75 Å². The first-order valence-electron chi connectivity index (χ1n) is 6.98. The molecule has 0 radical (unpaired) electrons. The highest BCUT2D eigenvalue weighted by molar-refractivity contribution is 7.11. The highest BCUT2D eigenvalue weighted by atomic mass is 32.1. The highest BCUT2D eigenvalue weighted by Gasteiger charge is 2.28. The summed E-state index contributed by atoms with van der Waals surface area (Å²) in [6.45, 7) is 0. The first-order valence-corrected chi connectivity index (χ1v) is 8.61. The molecule has 0 unspecified atom stereocenters. The molecule has 9 heteroatoms. The summed E-state index contributed by atoms with van der Waals surface area (Å²) < 4.78 is 0. The van der Waals surface area contributed by atoms with Gasteiger partial charge in [-0.3, -0.25) is 19.6 Å². The van der Waals surface area contributed by atoms with Crippen molar-refractivity contribution in [2.75, 3.05) is 19.0 Å². The number of aromatic hydroxyl groups is 2. The number of H-pyrrole nitrogens is 2. The molecule has 0 bridgehead atoms. The fraction of sp³-hybridized carbons (Fsp3) is 0.200. The lowest BCUT2D eigenvalue weighted by atomic mass is 9.95. The van der Waals surface area contributed by atoms with Gasteiger partial charge in [-0.2, -0.15) is 0 Å². The first kappa shape index (κ1) is 16.3. The van der Waals surface area contributed by atoms with Crippen LogP contribution in [0.15, 0.2) is 33.9 Å². The van der Waals surface area contributed by atoms with Crippen LogP contribution < -0.4 is 14.6 Å². The number of hydrogen-bond donors (Lipinski definition) is 4. The number of rotatable bonds is 4. The molecule has 0 amide bonds. The van der Waals surface area contributed by atoms with Gasteiger partial charge in [-0.25, -0.2) is 0 Å². The molecule has 0 saturated heterocycles. The second-order valence-electron chi connectivity index (χ2n) is 5.37. The molecular formula is C15H15N3O4S2. The zero-order chi connectivity index (χ0) is 17.4. The molecule has 0 atom stereocenters. The van der Waals surface area contributed by atoms with Crippen LogP contribution in [0.25, 0.3) is 0 Å². The van der Waals surface area contributed by atoms with Gasteiger partial charge in [0.2, 0.25) is 11.8 Å². The van der Waals surface area contributed by atoms with Crippen molar-refractivity contribution < 1.29 is 10.2 Å². The van der Waals surface area contributed by atoms with Crippen molar-refractivity contribution >= 4 is 28.4 Å². The maximum absolute atomic E-state index is 11.6. The standard InChI is InChI=1S/C15H15N3O4S2/c1-18(2)8-5-3-7(4-6-8)9(10-12(19)16-14(21)23-10)11-13(20)17-15(22)24-11/h3-6,9,19-20H,1-2H3,(H,16,21)(H,17,22). The third-order valence-corrected chi connectivity index (χ3v) is 5.45. The van der Waals surface area contributed by atoms with Gasteiger partial charge in [-0.05, 0) is 17.7 Å². The fourth-order valence-corrected chi connectivity index (χ4v) is 4.25. The summed E-state index contributed by atoms with van der Waals surface area (Å²) in [6.07, 6.45) is 0. The molecule has 3 rings (SSSR count). The molecule has 0 aliphatic rings. The van der Waals surface area contributed by atoms with Gasteiger partial charge in [0.25, 0.3) is 0 Å². The van der Waals surface area contributed by atoms with Crippen molar-refractivity contribution in [3.8, 4) is 11.8 Å². The summed E-state index contributed by atoms with van der Waals surface area (Å²) in [7, 11) is 3.83. The second kappa shape index (κ2) is 6.17. The SMILES string of the molecule is CN(C)c1ccc(C(c2sc(=O)[nH]c2O)c2sc(=O)[nH]c2O)cc1. The predicted molar refractivity (Wildman–Crippen MR) is 94.9 cm³/mol. The molecule has 24 heavy (non-hydrogen) atoms. The fourth-order valence-electron chi connectivity index (χ4n) is 2.44. The highest BCUT2D eigenvalue weighted by Crippen LogP contribution is 2.42.